The normalized spacial score (nSPS) is 11.5. The highest BCUT2D eigenvalue weighted by molar-refractivity contribution is 7.13. The number of nitrogens with one attached hydrogen (secondary N) is 1. The molecule has 0 aliphatic rings. The average molecular weight is 476 g/mol. The van der Waals surface area contributed by atoms with Crippen LogP contribution >= 0.6 is 11.3 Å². The quantitative estimate of drug-likeness (QED) is 0.352. The van der Waals surface area contributed by atoms with E-state index in [1.807, 2.05) is 12.3 Å². The van der Waals surface area contributed by atoms with Crippen molar-refractivity contribution < 1.29 is 18.7 Å². The van der Waals surface area contributed by atoms with E-state index in [0.717, 1.165) is 11.3 Å². The van der Waals surface area contributed by atoms with Gasteiger partial charge in [-0.1, -0.05) is 0 Å². The summed E-state index contributed by atoms with van der Waals surface area (Å²) in [6.45, 7) is 5.38. The van der Waals surface area contributed by atoms with Crippen molar-refractivity contribution in [3.05, 3.63) is 65.0 Å². The monoisotopic (exact) mass is 475 g/mol. The summed E-state index contributed by atoms with van der Waals surface area (Å²) < 4.78 is 17.3. The topological polar surface area (TPSA) is 123 Å². The number of carbonyl (C=O) groups excluding carboxylic acids is 1. The minimum Gasteiger partial charge on any atom is -0.490 e. The van der Waals surface area contributed by atoms with Crippen molar-refractivity contribution in [1.82, 2.24) is 15.2 Å². The molecule has 0 bridgehead atoms. The second-order valence-corrected chi connectivity index (χ2v) is 8.31. The van der Waals surface area contributed by atoms with Gasteiger partial charge in [0.05, 0.1) is 23.7 Å². The Kier molecular flexibility index (Phi) is 6.85. The lowest BCUT2D eigenvalue weighted by Gasteiger charge is -2.15. The van der Waals surface area contributed by atoms with Crippen molar-refractivity contribution in [1.29, 1.82) is 5.26 Å². The fraction of sp³-hybridized carbons (Fsp3) is 0.208. The van der Waals surface area contributed by atoms with Gasteiger partial charge in [0.2, 0.25) is 11.8 Å². The first kappa shape index (κ1) is 22.9. The minimum atomic E-state index is -0.362. The molecule has 4 aromatic rings. The van der Waals surface area contributed by atoms with Crippen molar-refractivity contribution in [3.8, 4) is 34.8 Å². The molecule has 0 saturated heterocycles. The molecule has 1 unspecified atom stereocenters. The molecule has 2 heterocycles. The molecule has 1 amide bonds. The van der Waals surface area contributed by atoms with Crippen LogP contribution in [0.2, 0.25) is 0 Å². The number of hydrogen-bond acceptors (Lipinski definition) is 9. The van der Waals surface area contributed by atoms with E-state index < -0.39 is 0 Å². The van der Waals surface area contributed by atoms with E-state index >= 15 is 0 Å². The number of anilines is 1. The van der Waals surface area contributed by atoms with E-state index in [4.69, 9.17) is 19.2 Å². The predicted octanol–water partition coefficient (Wildman–Crippen LogP) is 5.54. The molecule has 0 aliphatic carbocycles. The SMILES string of the molecule is Cc1csc(NC(=O)c2ccc(OC(C)CC#N)cc2Oc2ccc(-c3nnc(C)o3)cc2)n1. The van der Waals surface area contributed by atoms with Gasteiger partial charge in [-0.15, -0.1) is 21.5 Å². The van der Waals surface area contributed by atoms with Crippen molar-refractivity contribution in [2.45, 2.75) is 33.3 Å². The zero-order valence-corrected chi connectivity index (χ0v) is 19.5. The Morgan fingerprint density at radius 3 is 2.59 bits per heavy atom. The van der Waals surface area contributed by atoms with Gasteiger partial charge in [0, 0.05) is 23.9 Å². The third-order valence-electron chi connectivity index (χ3n) is 4.61. The first-order valence-electron chi connectivity index (χ1n) is 10.4. The summed E-state index contributed by atoms with van der Waals surface area (Å²) in [6, 6.07) is 14.1. The Labute approximate surface area is 200 Å². The number of hydrogen-bond donors (Lipinski definition) is 1. The molecule has 0 spiro atoms. The maximum absolute atomic E-state index is 13.0. The van der Waals surface area contributed by atoms with E-state index in [1.165, 1.54) is 11.3 Å². The zero-order chi connectivity index (χ0) is 24.1. The van der Waals surface area contributed by atoms with Crippen LogP contribution in [0.5, 0.6) is 17.2 Å². The molecule has 2 aromatic carbocycles. The summed E-state index contributed by atoms with van der Waals surface area (Å²) in [7, 11) is 0. The summed E-state index contributed by atoms with van der Waals surface area (Å²) in [6.07, 6.45) is -0.0775. The summed E-state index contributed by atoms with van der Waals surface area (Å²) in [5.41, 5.74) is 1.88. The molecule has 2 aromatic heterocycles. The molecular formula is C24H21N5O4S. The molecule has 0 aliphatic heterocycles. The van der Waals surface area contributed by atoms with Crippen molar-refractivity contribution >= 4 is 22.4 Å². The second-order valence-electron chi connectivity index (χ2n) is 7.45. The molecule has 4 rings (SSSR count). The smallest absolute Gasteiger partial charge is 0.261 e. The lowest BCUT2D eigenvalue weighted by atomic mass is 10.1. The standard InChI is InChI=1S/C24H21N5O4S/c1-14-13-34-24(26-14)27-22(30)20-9-8-19(31-15(2)10-11-25)12-21(20)33-18-6-4-17(5-7-18)23-29-28-16(3)32-23/h4-9,12-13,15H,10H2,1-3H3,(H,26,27,30). The fourth-order valence-electron chi connectivity index (χ4n) is 3.03. The molecule has 1 atom stereocenters. The summed E-state index contributed by atoms with van der Waals surface area (Å²) in [5, 5.41) is 21.9. The van der Waals surface area contributed by atoms with Crippen LogP contribution < -0.4 is 14.8 Å². The van der Waals surface area contributed by atoms with Crippen molar-refractivity contribution in [2.24, 2.45) is 0 Å². The number of rotatable bonds is 8. The Morgan fingerprint density at radius 1 is 1.18 bits per heavy atom. The Balaban J connectivity index is 1.60. The molecule has 0 fully saturated rings. The number of carbonyl (C=O) groups is 1. The highest BCUT2D eigenvalue weighted by Crippen LogP contribution is 2.32. The number of nitrogens with zero attached hydrogens (tertiary/aromatic N) is 4. The second kappa shape index (κ2) is 10.1. The maximum Gasteiger partial charge on any atom is 0.261 e. The van der Waals surface area contributed by atoms with Crippen LogP contribution in [0.3, 0.4) is 0 Å². The number of aromatic nitrogens is 3. The molecule has 9 nitrogen and oxygen atoms in total. The maximum atomic E-state index is 13.0. The van der Waals surface area contributed by atoms with E-state index in [9.17, 15) is 4.79 Å². The van der Waals surface area contributed by atoms with E-state index in [-0.39, 0.29) is 18.4 Å². The van der Waals surface area contributed by atoms with Crippen LogP contribution in [-0.2, 0) is 0 Å². The van der Waals surface area contributed by atoms with Gasteiger partial charge in [-0.3, -0.25) is 10.1 Å². The van der Waals surface area contributed by atoms with Gasteiger partial charge in [0.1, 0.15) is 23.4 Å². The summed E-state index contributed by atoms with van der Waals surface area (Å²) in [4.78, 5) is 17.3. The van der Waals surface area contributed by atoms with Crippen LogP contribution in [0.25, 0.3) is 11.5 Å². The van der Waals surface area contributed by atoms with Crippen LogP contribution in [0.15, 0.2) is 52.3 Å². The number of thiazole rings is 1. The third-order valence-corrected chi connectivity index (χ3v) is 5.48. The summed E-state index contributed by atoms with van der Waals surface area (Å²) >= 11 is 1.34. The van der Waals surface area contributed by atoms with Gasteiger partial charge in [0.25, 0.3) is 5.91 Å². The highest BCUT2D eigenvalue weighted by Gasteiger charge is 2.17. The largest absolute Gasteiger partial charge is 0.490 e. The molecular weight excluding hydrogens is 454 g/mol. The van der Waals surface area contributed by atoms with E-state index in [2.05, 4.69) is 26.6 Å². The number of nitriles is 1. The predicted molar refractivity (Wildman–Crippen MR) is 126 cm³/mol. The van der Waals surface area contributed by atoms with Gasteiger partial charge in [-0.25, -0.2) is 4.98 Å². The molecule has 172 valence electrons. The minimum absolute atomic E-state index is 0.235. The van der Waals surface area contributed by atoms with Gasteiger partial charge in [0.15, 0.2) is 5.13 Å². The zero-order valence-electron chi connectivity index (χ0n) is 18.7. The molecule has 10 heteroatoms. The van der Waals surface area contributed by atoms with Gasteiger partial charge < -0.3 is 13.9 Å². The Hall–Kier alpha value is -4.23. The first-order chi connectivity index (χ1) is 16.4. The number of amides is 1. The van der Waals surface area contributed by atoms with Crippen LogP contribution in [-0.4, -0.2) is 27.2 Å². The fourth-order valence-corrected chi connectivity index (χ4v) is 3.72. The number of benzene rings is 2. The first-order valence-corrected chi connectivity index (χ1v) is 11.3. The lowest BCUT2D eigenvalue weighted by Crippen LogP contribution is -2.14. The van der Waals surface area contributed by atoms with Gasteiger partial charge in [-0.2, -0.15) is 5.26 Å². The molecule has 34 heavy (non-hydrogen) atoms. The van der Waals surface area contributed by atoms with E-state index in [1.54, 1.807) is 56.3 Å². The Morgan fingerprint density at radius 2 is 1.94 bits per heavy atom. The summed E-state index contributed by atoms with van der Waals surface area (Å²) in [5.74, 6) is 1.81. The van der Waals surface area contributed by atoms with Crippen molar-refractivity contribution in [3.63, 3.8) is 0 Å². The van der Waals surface area contributed by atoms with Crippen molar-refractivity contribution in [2.75, 3.05) is 5.32 Å². The molecule has 0 radical (unpaired) electrons. The molecule has 1 N–H and O–H groups in total. The molecule has 0 saturated carbocycles. The van der Waals surface area contributed by atoms with Crippen LogP contribution in [0.1, 0.15) is 35.3 Å². The lowest BCUT2D eigenvalue weighted by molar-refractivity contribution is 0.102. The van der Waals surface area contributed by atoms with E-state index in [0.29, 0.717) is 39.7 Å². The van der Waals surface area contributed by atoms with Crippen LogP contribution in [0.4, 0.5) is 5.13 Å². The Bertz CT molecular complexity index is 1340. The number of ether oxygens (including phenoxy) is 2. The highest BCUT2D eigenvalue weighted by atomic mass is 32.1. The third kappa shape index (κ3) is 5.57. The number of aryl methyl sites for hydroxylation is 2. The average Bonchev–Trinajstić information content (AvgIpc) is 3.42. The van der Waals surface area contributed by atoms with Gasteiger partial charge in [-0.05, 0) is 50.2 Å². The van der Waals surface area contributed by atoms with Gasteiger partial charge >= 0.3 is 0 Å². The van der Waals surface area contributed by atoms with Crippen LogP contribution in [0, 0.1) is 25.2 Å².